The number of ether oxygens (including phenoxy) is 1. The minimum Gasteiger partial charge on any atom is -0.490 e. The number of anilines is 1. The van der Waals surface area contributed by atoms with Crippen molar-refractivity contribution in [2.45, 2.75) is 24.0 Å². The summed E-state index contributed by atoms with van der Waals surface area (Å²) in [4.78, 5) is 2.22. The van der Waals surface area contributed by atoms with Gasteiger partial charge >= 0.3 is 0 Å². The van der Waals surface area contributed by atoms with Crippen LogP contribution < -0.4 is 9.64 Å². The Morgan fingerprint density at radius 2 is 1.82 bits per heavy atom. The van der Waals surface area contributed by atoms with E-state index in [0.717, 1.165) is 42.5 Å². The highest BCUT2D eigenvalue weighted by molar-refractivity contribution is 7.98. The average Bonchev–Trinajstić information content (AvgIpc) is 2.58. The molecule has 2 aromatic rings. The normalized spacial score (nSPS) is 15.8. The number of rotatable bonds is 4. The highest BCUT2D eigenvalue weighted by Gasteiger charge is 2.21. The molecule has 1 aromatic carbocycles. The van der Waals surface area contributed by atoms with Crippen LogP contribution in [0.2, 0.25) is 0 Å². The van der Waals surface area contributed by atoms with Crippen LogP contribution in [0.25, 0.3) is 0 Å². The van der Waals surface area contributed by atoms with E-state index in [1.54, 1.807) is 23.9 Å². The minimum absolute atomic E-state index is 0.167. The second kappa shape index (κ2) is 6.96. The van der Waals surface area contributed by atoms with E-state index in [9.17, 15) is 4.39 Å². The van der Waals surface area contributed by atoms with Crippen LogP contribution in [0.4, 0.5) is 10.2 Å². The van der Waals surface area contributed by atoms with Crippen LogP contribution in [-0.2, 0) is 0 Å². The molecule has 0 radical (unpaired) electrons. The maximum Gasteiger partial charge on any atom is 0.151 e. The predicted octanol–water partition coefficient (Wildman–Crippen LogP) is 3.39. The number of hydrogen-bond acceptors (Lipinski definition) is 5. The van der Waals surface area contributed by atoms with E-state index in [4.69, 9.17) is 4.74 Å². The molecule has 116 valence electrons. The zero-order chi connectivity index (χ0) is 15.4. The van der Waals surface area contributed by atoms with Gasteiger partial charge in [0, 0.05) is 25.9 Å². The molecular weight excluding hydrogens is 301 g/mol. The minimum atomic E-state index is -0.241. The van der Waals surface area contributed by atoms with E-state index in [2.05, 4.69) is 15.1 Å². The molecule has 1 aliphatic heterocycles. The van der Waals surface area contributed by atoms with Crippen molar-refractivity contribution >= 4 is 17.6 Å². The number of hydrogen-bond donors (Lipinski definition) is 0. The van der Waals surface area contributed by atoms with E-state index < -0.39 is 0 Å². The summed E-state index contributed by atoms with van der Waals surface area (Å²) in [5.41, 5.74) is 0. The molecule has 0 amide bonds. The van der Waals surface area contributed by atoms with Crippen LogP contribution in [0.5, 0.6) is 5.75 Å². The van der Waals surface area contributed by atoms with E-state index in [0.29, 0.717) is 0 Å². The predicted molar refractivity (Wildman–Crippen MR) is 86.1 cm³/mol. The van der Waals surface area contributed by atoms with Crippen molar-refractivity contribution in [3.8, 4) is 5.75 Å². The Morgan fingerprint density at radius 3 is 2.41 bits per heavy atom. The smallest absolute Gasteiger partial charge is 0.151 e. The molecular formula is C16H18FN3OS. The van der Waals surface area contributed by atoms with Crippen molar-refractivity contribution in [2.75, 3.05) is 24.2 Å². The van der Waals surface area contributed by atoms with E-state index in [1.807, 2.05) is 18.4 Å². The quantitative estimate of drug-likeness (QED) is 0.808. The summed E-state index contributed by atoms with van der Waals surface area (Å²) in [6, 6.07) is 10.2. The van der Waals surface area contributed by atoms with Gasteiger partial charge in [0.1, 0.15) is 22.7 Å². The Bertz CT molecular complexity index is 598. The van der Waals surface area contributed by atoms with Gasteiger partial charge in [-0.1, -0.05) is 0 Å². The van der Waals surface area contributed by atoms with Crippen LogP contribution in [-0.4, -0.2) is 35.6 Å². The van der Waals surface area contributed by atoms with Crippen molar-refractivity contribution in [2.24, 2.45) is 0 Å². The number of piperidine rings is 1. The van der Waals surface area contributed by atoms with Crippen molar-refractivity contribution < 1.29 is 9.13 Å². The molecule has 0 unspecified atom stereocenters. The van der Waals surface area contributed by atoms with E-state index >= 15 is 0 Å². The second-order valence-corrected chi connectivity index (χ2v) is 6.02. The molecule has 1 aliphatic rings. The lowest BCUT2D eigenvalue weighted by Gasteiger charge is -2.32. The summed E-state index contributed by atoms with van der Waals surface area (Å²) in [6.07, 6.45) is 3.99. The standard InChI is InChI=1S/C16H18FN3OS/c1-22-16-7-6-15(18-19-16)20-10-8-14(9-11-20)21-13-4-2-12(17)3-5-13/h2-7,14H,8-11H2,1H3. The van der Waals surface area contributed by atoms with Crippen molar-refractivity contribution in [3.63, 3.8) is 0 Å². The molecule has 4 nitrogen and oxygen atoms in total. The summed E-state index contributed by atoms with van der Waals surface area (Å²) >= 11 is 1.59. The fraction of sp³-hybridized carbons (Fsp3) is 0.375. The molecule has 1 aromatic heterocycles. The molecule has 0 bridgehead atoms. The largest absolute Gasteiger partial charge is 0.490 e. The SMILES string of the molecule is CSc1ccc(N2CCC(Oc3ccc(F)cc3)CC2)nn1. The summed E-state index contributed by atoms with van der Waals surface area (Å²) in [7, 11) is 0. The van der Waals surface area contributed by atoms with Gasteiger partial charge in [0.05, 0.1) is 0 Å². The van der Waals surface area contributed by atoms with Crippen LogP contribution in [0.3, 0.4) is 0 Å². The maximum absolute atomic E-state index is 12.9. The molecule has 0 aliphatic carbocycles. The first-order valence-corrected chi connectivity index (χ1v) is 8.52. The Hall–Kier alpha value is -1.82. The van der Waals surface area contributed by atoms with Gasteiger partial charge in [-0.15, -0.1) is 22.0 Å². The summed E-state index contributed by atoms with van der Waals surface area (Å²) in [5.74, 6) is 1.40. The Balaban J connectivity index is 1.54. The second-order valence-electron chi connectivity index (χ2n) is 5.19. The molecule has 3 rings (SSSR count). The summed E-state index contributed by atoms with van der Waals surface area (Å²) in [6.45, 7) is 1.78. The van der Waals surface area contributed by atoms with Crippen molar-refractivity contribution in [1.29, 1.82) is 0 Å². The van der Waals surface area contributed by atoms with Gasteiger partial charge in [-0.2, -0.15) is 0 Å². The Morgan fingerprint density at radius 1 is 1.09 bits per heavy atom. The first kappa shape index (κ1) is 15.1. The fourth-order valence-electron chi connectivity index (χ4n) is 2.50. The molecule has 6 heteroatoms. The van der Waals surface area contributed by atoms with Gasteiger partial charge < -0.3 is 9.64 Å². The molecule has 2 heterocycles. The molecule has 1 fully saturated rings. The number of nitrogens with zero attached hydrogens (tertiary/aromatic N) is 3. The lowest BCUT2D eigenvalue weighted by Crippen LogP contribution is -2.38. The molecule has 0 atom stereocenters. The summed E-state index contributed by atoms with van der Waals surface area (Å²) in [5, 5.41) is 9.37. The first-order chi connectivity index (χ1) is 10.7. The van der Waals surface area contributed by atoms with Crippen LogP contribution in [0, 0.1) is 5.82 Å². The monoisotopic (exact) mass is 319 g/mol. The van der Waals surface area contributed by atoms with E-state index in [1.165, 1.54) is 12.1 Å². The Labute approximate surface area is 133 Å². The lowest BCUT2D eigenvalue weighted by atomic mass is 10.1. The van der Waals surface area contributed by atoms with E-state index in [-0.39, 0.29) is 11.9 Å². The molecule has 0 N–H and O–H groups in total. The van der Waals surface area contributed by atoms with Crippen LogP contribution in [0.1, 0.15) is 12.8 Å². The highest BCUT2D eigenvalue weighted by atomic mass is 32.2. The molecule has 0 saturated carbocycles. The number of halogens is 1. The van der Waals surface area contributed by atoms with Crippen LogP contribution in [0.15, 0.2) is 41.4 Å². The van der Waals surface area contributed by atoms with Gasteiger partial charge in [0.25, 0.3) is 0 Å². The van der Waals surface area contributed by atoms with Gasteiger partial charge in [0.2, 0.25) is 0 Å². The Kier molecular flexibility index (Phi) is 4.77. The number of aromatic nitrogens is 2. The average molecular weight is 319 g/mol. The number of thioether (sulfide) groups is 1. The van der Waals surface area contributed by atoms with Crippen LogP contribution >= 0.6 is 11.8 Å². The fourth-order valence-corrected chi connectivity index (χ4v) is 2.83. The maximum atomic E-state index is 12.9. The third-order valence-corrected chi connectivity index (χ3v) is 4.35. The zero-order valence-corrected chi connectivity index (χ0v) is 13.2. The third kappa shape index (κ3) is 3.68. The van der Waals surface area contributed by atoms with Gasteiger partial charge in [0.15, 0.2) is 5.82 Å². The number of benzene rings is 1. The van der Waals surface area contributed by atoms with Crippen molar-refractivity contribution in [1.82, 2.24) is 10.2 Å². The molecule has 0 spiro atoms. The lowest BCUT2D eigenvalue weighted by molar-refractivity contribution is 0.170. The van der Waals surface area contributed by atoms with Gasteiger partial charge in [-0.3, -0.25) is 0 Å². The van der Waals surface area contributed by atoms with Gasteiger partial charge in [-0.25, -0.2) is 4.39 Å². The topological polar surface area (TPSA) is 38.2 Å². The molecule has 1 saturated heterocycles. The zero-order valence-electron chi connectivity index (χ0n) is 12.4. The summed E-state index contributed by atoms with van der Waals surface area (Å²) < 4.78 is 18.8. The van der Waals surface area contributed by atoms with Crippen molar-refractivity contribution in [3.05, 3.63) is 42.2 Å². The first-order valence-electron chi connectivity index (χ1n) is 7.29. The third-order valence-electron chi connectivity index (χ3n) is 3.72. The van der Waals surface area contributed by atoms with Gasteiger partial charge in [-0.05, 0) is 42.7 Å². The highest BCUT2D eigenvalue weighted by Crippen LogP contribution is 2.22. The molecule has 22 heavy (non-hydrogen) atoms.